The van der Waals surface area contributed by atoms with Crippen LogP contribution in [0.15, 0.2) is 59.5 Å². The molecule has 0 aliphatic carbocycles. The van der Waals surface area contributed by atoms with Crippen LogP contribution in [0.2, 0.25) is 0 Å². The van der Waals surface area contributed by atoms with Crippen molar-refractivity contribution in [3.8, 4) is 0 Å². The van der Waals surface area contributed by atoms with Gasteiger partial charge in [-0.05, 0) is 17.7 Å². The third kappa shape index (κ3) is 2.99. The molecule has 0 unspecified atom stereocenters. The molecule has 2 atom stereocenters. The molecule has 0 saturated heterocycles. The van der Waals surface area contributed by atoms with Gasteiger partial charge in [-0.15, -0.1) is 11.8 Å². The number of hydrogen-bond donors (Lipinski definition) is 2. The molecule has 2 N–H and O–H groups in total. The standard InChI is InChI=1S/C17H16N2O2S/c1-11(20)18-15-16(12-7-3-2-4-8-12)22-14-10-6-5-9-13(14)19-17(15)21/h2-10,15-16H,1H3,(H,18,20)(H,19,21)/t15-,16-/m0/s1. The average molecular weight is 312 g/mol. The van der Waals surface area contributed by atoms with Crippen LogP contribution in [-0.2, 0) is 9.59 Å². The second-order valence-electron chi connectivity index (χ2n) is 5.11. The monoisotopic (exact) mass is 312 g/mol. The van der Waals surface area contributed by atoms with Crippen LogP contribution in [0.1, 0.15) is 17.7 Å². The molecule has 0 bridgehead atoms. The van der Waals surface area contributed by atoms with Crippen molar-refractivity contribution in [1.29, 1.82) is 0 Å². The largest absolute Gasteiger partial charge is 0.343 e. The molecular formula is C17H16N2O2S. The van der Waals surface area contributed by atoms with Crippen molar-refractivity contribution in [2.24, 2.45) is 0 Å². The summed E-state index contributed by atoms with van der Waals surface area (Å²) in [5, 5.41) is 5.51. The van der Waals surface area contributed by atoms with E-state index in [1.807, 2.05) is 54.6 Å². The number of nitrogens with one attached hydrogen (secondary N) is 2. The van der Waals surface area contributed by atoms with E-state index < -0.39 is 6.04 Å². The van der Waals surface area contributed by atoms with Crippen LogP contribution < -0.4 is 10.6 Å². The fourth-order valence-electron chi connectivity index (χ4n) is 2.49. The Morgan fingerprint density at radius 3 is 2.50 bits per heavy atom. The molecule has 1 aliphatic rings. The first kappa shape index (κ1) is 14.7. The molecule has 1 heterocycles. The molecule has 4 nitrogen and oxygen atoms in total. The maximum atomic E-state index is 12.6. The van der Waals surface area contributed by atoms with E-state index in [0.29, 0.717) is 0 Å². The second kappa shape index (κ2) is 6.23. The number of para-hydroxylation sites is 1. The lowest BCUT2D eigenvalue weighted by atomic mass is 10.0. The predicted octanol–water partition coefficient (Wildman–Crippen LogP) is 2.98. The van der Waals surface area contributed by atoms with Gasteiger partial charge in [0.15, 0.2) is 0 Å². The van der Waals surface area contributed by atoms with Crippen LogP contribution in [0.25, 0.3) is 0 Å². The highest BCUT2D eigenvalue weighted by atomic mass is 32.2. The maximum Gasteiger partial charge on any atom is 0.248 e. The first-order valence-corrected chi connectivity index (χ1v) is 7.92. The summed E-state index contributed by atoms with van der Waals surface area (Å²) in [5.74, 6) is -0.408. The third-order valence-corrected chi connectivity index (χ3v) is 4.88. The Morgan fingerprint density at radius 1 is 1.09 bits per heavy atom. The van der Waals surface area contributed by atoms with Crippen LogP contribution in [0.3, 0.4) is 0 Å². The zero-order valence-electron chi connectivity index (χ0n) is 12.1. The normalized spacial score (nSPS) is 20.5. The molecule has 112 valence electrons. The Kier molecular flexibility index (Phi) is 4.15. The van der Waals surface area contributed by atoms with Gasteiger partial charge in [0.05, 0.1) is 10.9 Å². The third-order valence-electron chi connectivity index (χ3n) is 3.47. The first-order valence-electron chi connectivity index (χ1n) is 7.04. The van der Waals surface area contributed by atoms with Gasteiger partial charge in [-0.2, -0.15) is 0 Å². The summed E-state index contributed by atoms with van der Waals surface area (Å²) in [5.41, 5.74) is 1.80. The predicted molar refractivity (Wildman–Crippen MR) is 87.7 cm³/mol. The van der Waals surface area contributed by atoms with Gasteiger partial charge in [0.2, 0.25) is 11.8 Å². The quantitative estimate of drug-likeness (QED) is 0.896. The molecule has 22 heavy (non-hydrogen) atoms. The number of anilines is 1. The fourth-order valence-corrected chi connectivity index (χ4v) is 3.79. The fraction of sp³-hybridized carbons (Fsp3) is 0.176. The van der Waals surface area contributed by atoms with Crippen LogP contribution in [0.5, 0.6) is 0 Å². The molecule has 0 spiro atoms. The van der Waals surface area contributed by atoms with E-state index in [-0.39, 0.29) is 17.1 Å². The van der Waals surface area contributed by atoms with Gasteiger partial charge < -0.3 is 10.6 Å². The summed E-state index contributed by atoms with van der Waals surface area (Å²) in [4.78, 5) is 25.1. The van der Waals surface area contributed by atoms with Gasteiger partial charge in [0, 0.05) is 11.8 Å². The van der Waals surface area contributed by atoms with Crippen LogP contribution >= 0.6 is 11.8 Å². The van der Waals surface area contributed by atoms with E-state index in [4.69, 9.17) is 0 Å². The molecule has 2 aromatic rings. The minimum Gasteiger partial charge on any atom is -0.343 e. The SMILES string of the molecule is CC(=O)N[C@@H]1C(=O)Nc2ccccc2S[C@H]1c1ccccc1. The number of benzene rings is 2. The molecule has 0 saturated carbocycles. The zero-order chi connectivity index (χ0) is 15.5. The average Bonchev–Trinajstić information content (AvgIpc) is 2.65. The van der Waals surface area contributed by atoms with Crippen LogP contribution in [-0.4, -0.2) is 17.9 Å². The molecule has 2 amide bonds. The minimum atomic E-state index is -0.614. The zero-order valence-corrected chi connectivity index (χ0v) is 12.9. The molecular weight excluding hydrogens is 296 g/mol. The smallest absolute Gasteiger partial charge is 0.248 e. The van der Waals surface area contributed by atoms with Crippen LogP contribution in [0.4, 0.5) is 5.69 Å². The number of thioether (sulfide) groups is 1. The van der Waals surface area contributed by atoms with Crippen molar-refractivity contribution >= 4 is 29.3 Å². The van der Waals surface area contributed by atoms with Crippen molar-refractivity contribution in [2.45, 2.75) is 23.1 Å². The first-order chi connectivity index (χ1) is 10.6. The Morgan fingerprint density at radius 2 is 1.77 bits per heavy atom. The lowest BCUT2D eigenvalue weighted by Crippen LogP contribution is -2.45. The number of carbonyl (C=O) groups excluding carboxylic acids is 2. The molecule has 0 radical (unpaired) electrons. The van der Waals surface area contributed by atoms with Gasteiger partial charge in [0.1, 0.15) is 6.04 Å². The molecule has 1 aliphatic heterocycles. The van der Waals surface area contributed by atoms with Crippen LogP contribution in [0, 0.1) is 0 Å². The van der Waals surface area contributed by atoms with Crippen molar-refractivity contribution in [3.05, 3.63) is 60.2 Å². The number of amides is 2. The highest BCUT2D eigenvalue weighted by molar-refractivity contribution is 7.99. The lowest BCUT2D eigenvalue weighted by molar-refractivity contribution is -0.125. The van der Waals surface area contributed by atoms with E-state index in [9.17, 15) is 9.59 Å². The Labute approximate surface area is 133 Å². The van der Waals surface area contributed by atoms with Crippen molar-refractivity contribution in [2.75, 3.05) is 5.32 Å². The summed E-state index contributed by atoms with van der Waals surface area (Å²) >= 11 is 1.59. The topological polar surface area (TPSA) is 58.2 Å². The van der Waals surface area contributed by atoms with Crippen molar-refractivity contribution < 1.29 is 9.59 Å². The van der Waals surface area contributed by atoms with Crippen molar-refractivity contribution in [3.63, 3.8) is 0 Å². The lowest BCUT2D eigenvalue weighted by Gasteiger charge is -2.24. The van der Waals surface area contributed by atoms with Gasteiger partial charge in [0.25, 0.3) is 0 Å². The van der Waals surface area contributed by atoms with E-state index in [1.165, 1.54) is 6.92 Å². The number of hydrogen-bond acceptors (Lipinski definition) is 3. The Hall–Kier alpha value is -2.27. The van der Waals surface area contributed by atoms with E-state index in [2.05, 4.69) is 10.6 Å². The van der Waals surface area contributed by atoms with E-state index >= 15 is 0 Å². The molecule has 2 aromatic carbocycles. The summed E-state index contributed by atoms with van der Waals surface area (Å²) in [6, 6.07) is 16.8. The van der Waals surface area contributed by atoms with Gasteiger partial charge in [-0.3, -0.25) is 9.59 Å². The van der Waals surface area contributed by atoms with Gasteiger partial charge in [-0.25, -0.2) is 0 Å². The minimum absolute atomic E-state index is 0.172. The summed E-state index contributed by atoms with van der Waals surface area (Å²) in [7, 11) is 0. The highest BCUT2D eigenvalue weighted by Crippen LogP contribution is 2.43. The molecule has 0 fully saturated rings. The Balaban J connectivity index is 2.04. The van der Waals surface area contributed by atoms with E-state index in [0.717, 1.165) is 16.1 Å². The van der Waals surface area contributed by atoms with Crippen molar-refractivity contribution in [1.82, 2.24) is 5.32 Å². The molecule has 0 aromatic heterocycles. The highest BCUT2D eigenvalue weighted by Gasteiger charge is 2.34. The molecule has 3 rings (SSSR count). The summed E-state index contributed by atoms with van der Waals surface area (Å²) in [6.45, 7) is 1.43. The Bertz CT molecular complexity index is 703. The van der Waals surface area contributed by atoms with Gasteiger partial charge in [-0.1, -0.05) is 42.5 Å². The summed E-state index contributed by atoms with van der Waals surface area (Å²) in [6.07, 6.45) is 0. The van der Waals surface area contributed by atoms with E-state index in [1.54, 1.807) is 11.8 Å². The number of rotatable bonds is 2. The second-order valence-corrected chi connectivity index (χ2v) is 6.30. The summed E-state index contributed by atoms with van der Waals surface area (Å²) < 4.78 is 0. The molecule has 5 heteroatoms. The number of carbonyl (C=O) groups is 2. The maximum absolute atomic E-state index is 12.6. The van der Waals surface area contributed by atoms with Gasteiger partial charge >= 0.3 is 0 Å². The number of fused-ring (bicyclic) bond motifs is 1.